The largest absolute Gasteiger partial charge is 0.416 e. The minimum Gasteiger partial charge on any atom is -0.350 e. The van der Waals surface area contributed by atoms with Crippen LogP contribution in [-0.4, -0.2) is 34.8 Å². The molecule has 2 amide bonds. The summed E-state index contributed by atoms with van der Waals surface area (Å²) in [5.74, 6) is -0.0786. The Morgan fingerprint density at radius 1 is 0.812 bits per heavy atom. The highest BCUT2D eigenvalue weighted by Crippen LogP contribution is 2.34. The molecule has 1 saturated heterocycles. The number of hydrogen-bond donors (Lipinski definition) is 2. The number of hydrogen-bond acceptors (Lipinski definition) is 4. The van der Waals surface area contributed by atoms with Gasteiger partial charge in [0.25, 0.3) is 5.91 Å². The molecule has 1 aliphatic rings. The number of aromatic nitrogens is 1. The molecule has 2 heterocycles. The Morgan fingerprint density at radius 3 is 2.17 bits per heavy atom. The molecule has 244 valence electrons. The molecule has 1 atom stereocenters. The molecule has 6 rings (SSSR count). The van der Waals surface area contributed by atoms with Crippen LogP contribution in [0.4, 0.5) is 18.9 Å². The molecule has 1 aromatic heterocycles. The number of halogens is 3. The Bertz CT molecular complexity index is 1820. The monoisotopic (exact) mass is 648 g/mol. The number of rotatable bonds is 9. The van der Waals surface area contributed by atoms with Gasteiger partial charge in [-0.25, -0.2) is 0 Å². The van der Waals surface area contributed by atoms with Gasteiger partial charge in [-0.2, -0.15) is 13.2 Å². The third kappa shape index (κ3) is 7.81. The molecule has 0 saturated carbocycles. The van der Waals surface area contributed by atoms with Crippen molar-refractivity contribution in [2.24, 2.45) is 0 Å². The highest BCUT2D eigenvalue weighted by atomic mass is 19.4. The van der Waals surface area contributed by atoms with Crippen molar-refractivity contribution in [3.8, 4) is 11.1 Å². The number of likely N-dealkylation sites (tertiary alicyclic amines) is 1. The summed E-state index contributed by atoms with van der Waals surface area (Å²) >= 11 is 0. The van der Waals surface area contributed by atoms with Crippen molar-refractivity contribution in [1.82, 2.24) is 15.2 Å². The lowest BCUT2D eigenvalue weighted by Gasteiger charge is -2.37. The van der Waals surface area contributed by atoms with Crippen LogP contribution in [0.1, 0.15) is 57.4 Å². The van der Waals surface area contributed by atoms with Crippen LogP contribution in [0.3, 0.4) is 0 Å². The summed E-state index contributed by atoms with van der Waals surface area (Å²) in [4.78, 5) is 33.2. The molecule has 4 aromatic carbocycles. The summed E-state index contributed by atoms with van der Waals surface area (Å²) in [6.45, 7) is 1.92. The number of carbonyl (C=O) groups excluding carboxylic acids is 2. The number of nitrogens with zero attached hydrogens (tertiary/aromatic N) is 2. The van der Waals surface area contributed by atoms with Gasteiger partial charge < -0.3 is 10.6 Å². The lowest BCUT2D eigenvalue weighted by atomic mass is 9.88. The maximum Gasteiger partial charge on any atom is 0.416 e. The number of alkyl halides is 3. The van der Waals surface area contributed by atoms with Gasteiger partial charge in [-0.1, -0.05) is 78.9 Å². The summed E-state index contributed by atoms with van der Waals surface area (Å²) in [6, 6.07) is 32.7. The van der Waals surface area contributed by atoms with E-state index >= 15 is 0 Å². The van der Waals surface area contributed by atoms with Gasteiger partial charge in [-0.05, 0) is 96.1 Å². The predicted octanol–water partition coefficient (Wildman–Crippen LogP) is 8.26. The highest BCUT2D eigenvalue weighted by Gasteiger charge is 2.32. The number of pyridine rings is 1. The quantitative estimate of drug-likeness (QED) is 0.169. The average molecular weight is 649 g/mol. The second kappa shape index (κ2) is 14.6. The van der Waals surface area contributed by atoms with E-state index in [2.05, 4.69) is 20.5 Å². The van der Waals surface area contributed by atoms with E-state index in [-0.39, 0.29) is 11.8 Å². The van der Waals surface area contributed by atoms with Crippen LogP contribution in [0, 0.1) is 0 Å². The smallest absolute Gasteiger partial charge is 0.350 e. The lowest BCUT2D eigenvalue weighted by molar-refractivity contribution is -0.137. The first-order chi connectivity index (χ1) is 23.3. The molecule has 2 N–H and O–H groups in total. The normalized spacial score (nSPS) is 14.6. The SMILES string of the molecule is O=C(Nc1ccc(C2CCN(C(C(=O)NCc3cccnc3)c3ccccc3)CC2)cc1)c1ccccc1-c1ccc(C(F)(F)F)cc1. The zero-order valence-electron chi connectivity index (χ0n) is 26.2. The standard InChI is InChI=1S/C39H35F3N4O2/c40-39(41,42)32-16-12-30(13-17-32)34-10-4-5-11-35(34)37(47)45-33-18-14-28(15-19-33)29-20-23-46(24-21-29)36(31-8-2-1-3-9-31)38(48)44-26-27-7-6-22-43-25-27/h1-19,22,25,29,36H,20-21,23-24,26H2,(H,44,48)(H,45,47). The third-order valence-corrected chi connectivity index (χ3v) is 8.78. The van der Waals surface area contributed by atoms with Crippen LogP contribution < -0.4 is 10.6 Å². The van der Waals surface area contributed by atoms with Crippen molar-refractivity contribution >= 4 is 17.5 Å². The van der Waals surface area contributed by atoms with Gasteiger partial charge in [-0.15, -0.1) is 0 Å². The van der Waals surface area contributed by atoms with Crippen LogP contribution in [0.15, 0.2) is 128 Å². The van der Waals surface area contributed by atoms with Crippen molar-refractivity contribution < 1.29 is 22.8 Å². The lowest BCUT2D eigenvalue weighted by Crippen LogP contribution is -2.43. The summed E-state index contributed by atoms with van der Waals surface area (Å²) in [6.07, 6.45) is 0.792. The fourth-order valence-corrected chi connectivity index (χ4v) is 6.25. The van der Waals surface area contributed by atoms with Gasteiger partial charge in [0.15, 0.2) is 0 Å². The van der Waals surface area contributed by atoms with Crippen molar-refractivity contribution in [2.45, 2.75) is 37.5 Å². The molecule has 5 aromatic rings. The molecular formula is C39H35F3N4O2. The summed E-state index contributed by atoms with van der Waals surface area (Å²) in [5, 5.41) is 6.03. The molecule has 1 unspecified atom stereocenters. The molecule has 48 heavy (non-hydrogen) atoms. The molecule has 0 spiro atoms. The van der Waals surface area contributed by atoms with Gasteiger partial charge >= 0.3 is 6.18 Å². The minimum atomic E-state index is -4.43. The molecule has 1 aliphatic heterocycles. The highest BCUT2D eigenvalue weighted by molar-refractivity contribution is 6.08. The maximum atomic E-state index is 13.5. The first-order valence-electron chi connectivity index (χ1n) is 15.9. The Balaban J connectivity index is 1.08. The van der Waals surface area contributed by atoms with Crippen molar-refractivity contribution in [2.75, 3.05) is 18.4 Å². The zero-order chi connectivity index (χ0) is 33.5. The third-order valence-electron chi connectivity index (χ3n) is 8.78. The van der Waals surface area contributed by atoms with Gasteiger partial charge in [0.2, 0.25) is 5.91 Å². The van der Waals surface area contributed by atoms with E-state index in [1.807, 2.05) is 66.7 Å². The fraction of sp³-hybridized carbons (Fsp3) is 0.205. The minimum absolute atomic E-state index is 0.0384. The first-order valence-corrected chi connectivity index (χ1v) is 15.9. The molecule has 0 aliphatic carbocycles. The zero-order valence-corrected chi connectivity index (χ0v) is 26.2. The van der Waals surface area contributed by atoms with E-state index in [9.17, 15) is 22.8 Å². The number of piperidine rings is 1. The van der Waals surface area contributed by atoms with Crippen molar-refractivity contribution in [3.05, 3.63) is 155 Å². The van der Waals surface area contributed by atoms with E-state index in [4.69, 9.17) is 0 Å². The maximum absolute atomic E-state index is 13.5. The summed E-state index contributed by atoms with van der Waals surface area (Å²) < 4.78 is 39.2. The fourth-order valence-electron chi connectivity index (χ4n) is 6.25. The topological polar surface area (TPSA) is 74.3 Å². The molecular weight excluding hydrogens is 613 g/mol. The first kappa shape index (κ1) is 32.7. The molecule has 9 heteroatoms. The van der Waals surface area contributed by atoms with Crippen LogP contribution in [0.2, 0.25) is 0 Å². The van der Waals surface area contributed by atoms with E-state index in [1.165, 1.54) is 12.1 Å². The Labute approximate surface area is 277 Å². The molecule has 6 nitrogen and oxygen atoms in total. The summed E-state index contributed by atoms with van der Waals surface area (Å²) in [7, 11) is 0. The Kier molecular flexibility index (Phi) is 9.96. The average Bonchev–Trinajstić information content (AvgIpc) is 3.12. The summed E-state index contributed by atoms with van der Waals surface area (Å²) in [5.41, 5.74) is 4.39. The van der Waals surface area contributed by atoms with E-state index in [0.717, 1.165) is 54.8 Å². The number of benzene rings is 4. The number of anilines is 1. The number of nitrogens with one attached hydrogen (secondary N) is 2. The second-order valence-corrected chi connectivity index (χ2v) is 11.9. The predicted molar refractivity (Wildman–Crippen MR) is 180 cm³/mol. The molecule has 1 fully saturated rings. The van der Waals surface area contributed by atoms with Gasteiger partial charge in [0, 0.05) is 30.2 Å². The molecule has 0 radical (unpaired) electrons. The van der Waals surface area contributed by atoms with Gasteiger partial charge in [0.05, 0.1) is 5.56 Å². The number of carbonyl (C=O) groups is 2. The van der Waals surface area contributed by atoms with Crippen LogP contribution in [-0.2, 0) is 17.5 Å². The molecule has 0 bridgehead atoms. The Morgan fingerprint density at radius 2 is 1.50 bits per heavy atom. The number of amides is 2. The second-order valence-electron chi connectivity index (χ2n) is 11.9. The van der Waals surface area contributed by atoms with Crippen LogP contribution in [0.25, 0.3) is 11.1 Å². The van der Waals surface area contributed by atoms with Crippen LogP contribution >= 0.6 is 0 Å². The van der Waals surface area contributed by atoms with E-state index in [0.29, 0.717) is 34.8 Å². The van der Waals surface area contributed by atoms with E-state index < -0.39 is 17.8 Å². The Hall–Kier alpha value is -5.28. The van der Waals surface area contributed by atoms with Gasteiger partial charge in [-0.3, -0.25) is 19.5 Å². The van der Waals surface area contributed by atoms with Crippen molar-refractivity contribution in [1.29, 1.82) is 0 Å². The van der Waals surface area contributed by atoms with Crippen LogP contribution in [0.5, 0.6) is 0 Å². The van der Waals surface area contributed by atoms with E-state index in [1.54, 1.807) is 36.7 Å². The van der Waals surface area contributed by atoms with Gasteiger partial charge in [0.1, 0.15) is 6.04 Å². The van der Waals surface area contributed by atoms with Crippen molar-refractivity contribution in [3.63, 3.8) is 0 Å².